The van der Waals surface area contributed by atoms with Gasteiger partial charge < -0.3 is 14.7 Å². The molecular weight excluding hydrogens is 540 g/mol. The Bertz CT molecular complexity index is 1630. The molecule has 1 aliphatic heterocycles. The molecule has 0 aromatic carbocycles. The molecule has 1 saturated heterocycles. The lowest BCUT2D eigenvalue weighted by Crippen LogP contribution is -2.40. The zero-order chi connectivity index (χ0) is 29.4. The molecule has 0 unspecified atom stereocenters. The highest BCUT2D eigenvalue weighted by molar-refractivity contribution is 6.31. The van der Waals surface area contributed by atoms with Crippen molar-refractivity contribution in [3.63, 3.8) is 0 Å². The van der Waals surface area contributed by atoms with Crippen LogP contribution in [-0.2, 0) is 0 Å². The summed E-state index contributed by atoms with van der Waals surface area (Å²) in [7, 11) is 0. The zero-order valence-corrected chi connectivity index (χ0v) is 24.4. The molecule has 4 aromatic heterocycles. The molecule has 4 aromatic rings. The Morgan fingerprint density at radius 3 is 2.63 bits per heavy atom. The fraction of sp³-hybridized carbons (Fsp3) is 0.387. The number of carbonyl (C=O) groups excluding carboxylic acids is 1. The van der Waals surface area contributed by atoms with E-state index in [2.05, 4.69) is 28.0 Å². The van der Waals surface area contributed by atoms with Gasteiger partial charge in [0.05, 0.1) is 34.1 Å². The summed E-state index contributed by atoms with van der Waals surface area (Å²) in [6.45, 7) is 9.06. The summed E-state index contributed by atoms with van der Waals surface area (Å²) < 4.78 is 7.45. The maximum atomic E-state index is 13.1. The highest BCUT2D eigenvalue weighted by Gasteiger charge is 2.33. The summed E-state index contributed by atoms with van der Waals surface area (Å²) in [5.41, 5.74) is 2.97. The summed E-state index contributed by atoms with van der Waals surface area (Å²) in [6.07, 6.45) is 10.4. The molecule has 1 aliphatic rings. The van der Waals surface area contributed by atoms with Gasteiger partial charge in [-0.25, -0.2) is 9.50 Å². The first-order chi connectivity index (χ1) is 19.5. The zero-order valence-electron chi connectivity index (χ0n) is 23.7. The predicted octanol–water partition coefficient (Wildman–Crippen LogP) is 5.65. The maximum Gasteiger partial charge on any atom is 0.165 e. The molecule has 0 spiro atoms. The van der Waals surface area contributed by atoms with Gasteiger partial charge in [0.1, 0.15) is 24.2 Å². The fourth-order valence-corrected chi connectivity index (χ4v) is 5.34. The predicted molar refractivity (Wildman–Crippen MR) is 157 cm³/mol. The third kappa shape index (κ3) is 6.19. The normalized spacial score (nSPS) is 15.1. The number of piperidine rings is 1. The van der Waals surface area contributed by atoms with Crippen LogP contribution in [0, 0.1) is 23.7 Å². The fourth-order valence-electron chi connectivity index (χ4n) is 5.19. The van der Waals surface area contributed by atoms with E-state index in [1.165, 1.54) is 6.20 Å². The number of hydrogen-bond acceptors (Lipinski definition) is 8. The molecule has 5 rings (SSSR count). The van der Waals surface area contributed by atoms with Crippen LogP contribution in [0.15, 0.2) is 49.2 Å². The summed E-state index contributed by atoms with van der Waals surface area (Å²) in [4.78, 5) is 24.2. The highest BCUT2D eigenvalue weighted by Crippen LogP contribution is 2.38. The Morgan fingerprint density at radius 1 is 1.22 bits per heavy atom. The second-order valence-electron chi connectivity index (χ2n) is 11.8. The first-order valence-corrected chi connectivity index (χ1v) is 14.0. The Labute approximate surface area is 244 Å². The Balaban J connectivity index is 1.32. The first-order valence-electron chi connectivity index (χ1n) is 13.6. The number of rotatable bonds is 8. The molecule has 0 amide bonds. The molecule has 9 nitrogen and oxygen atoms in total. The summed E-state index contributed by atoms with van der Waals surface area (Å²) >= 11 is 6.19. The van der Waals surface area contributed by atoms with E-state index in [0.29, 0.717) is 33.8 Å². The first kappa shape index (κ1) is 28.5. The van der Waals surface area contributed by atoms with Crippen LogP contribution in [0.4, 0.5) is 5.82 Å². The van der Waals surface area contributed by atoms with Gasteiger partial charge in [0, 0.05) is 54.8 Å². The molecule has 0 atom stereocenters. The molecule has 41 heavy (non-hydrogen) atoms. The topological polar surface area (TPSA) is 117 Å². The Hall–Kier alpha value is -4.00. The number of nitrogens with zero attached hydrogens (tertiary/aromatic N) is 6. The average Bonchev–Trinajstić information content (AvgIpc) is 3.36. The smallest absolute Gasteiger partial charge is 0.165 e. The number of aliphatic hydroxyl groups is 1. The van der Waals surface area contributed by atoms with Crippen LogP contribution in [0.2, 0.25) is 5.02 Å². The lowest BCUT2D eigenvalue weighted by atomic mass is 9.75. The number of carbonyl (C=O) groups is 1. The Kier molecular flexibility index (Phi) is 7.73. The van der Waals surface area contributed by atoms with Crippen molar-refractivity contribution in [1.82, 2.24) is 19.6 Å². The van der Waals surface area contributed by atoms with Crippen molar-refractivity contribution in [2.75, 3.05) is 24.6 Å². The van der Waals surface area contributed by atoms with E-state index in [0.717, 1.165) is 48.4 Å². The summed E-state index contributed by atoms with van der Waals surface area (Å²) in [5.74, 6) is 1.46. The lowest BCUT2D eigenvalue weighted by Gasteiger charge is -2.39. The van der Waals surface area contributed by atoms with Crippen molar-refractivity contribution in [1.29, 1.82) is 5.26 Å². The van der Waals surface area contributed by atoms with E-state index in [1.54, 1.807) is 43.2 Å². The van der Waals surface area contributed by atoms with Gasteiger partial charge in [-0.2, -0.15) is 10.4 Å². The second-order valence-corrected chi connectivity index (χ2v) is 12.2. The number of ketones is 1. The van der Waals surface area contributed by atoms with Crippen molar-refractivity contribution >= 4 is 28.7 Å². The van der Waals surface area contributed by atoms with Crippen molar-refractivity contribution < 1.29 is 14.6 Å². The van der Waals surface area contributed by atoms with E-state index in [4.69, 9.17) is 21.3 Å². The monoisotopic (exact) mass is 572 g/mol. The second kappa shape index (κ2) is 11.1. The van der Waals surface area contributed by atoms with Crippen molar-refractivity contribution in [3.8, 4) is 22.9 Å². The van der Waals surface area contributed by atoms with Crippen molar-refractivity contribution in [2.24, 2.45) is 5.41 Å². The molecule has 0 bridgehead atoms. The van der Waals surface area contributed by atoms with E-state index in [1.807, 2.05) is 25.1 Å². The molecule has 212 valence electrons. The van der Waals surface area contributed by atoms with Gasteiger partial charge in [-0.15, -0.1) is 0 Å². The van der Waals surface area contributed by atoms with Crippen LogP contribution >= 0.6 is 11.6 Å². The third-order valence-corrected chi connectivity index (χ3v) is 8.08. The van der Waals surface area contributed by atoms with Crippen LogP contribution in [0.5, 0.6) is 5.75 Å². The number of pyridine rings is 3. The Morgan fingerprint density at radius 2 is 1.98 bits per heavy atom. The minimum Gasteiger partial charge on any atom is -0.489 e. The van der Waals surface area contributed by atoms with Crippen LogP contribution in [0.25, 0.3) is 16.6 Å². The molecule has 1 N–H and O–H groups in total. The number of hydrogen-bond donors (Lipinski definition) is 1. The standard InChI is InChI=1S/C31H33ClN6O3/c1-20-25(16-34-17-26(20)32)27(39)12-31(4)7-9-37(10-8-31)28-6-5-21(14-35-28)24-11-23(41-19-30(2,3)40)18-38-29(24)22(13-33)15-36-38/h5-6,11,14-18,40H,7-10,12,19H2,1-4H3. The number of fused-ring (bicyclic) bond motifs is 1. The minimum atomic E-state index is -0.997. The van der Waals surface area contributed by atoms with Crippen LogP contribution < -0.4 is 9.64 Å². The SMILES string of the molecule is Cc1c(Cl)cncc1C(=O)CC1(C)CCN(c2ccc(-c3cc(OCC(C)(C)O)cn4ncc(C#N)c34)cn2)CC1. The maximum absolute atomic E-state index is 13.1. The average molecular weight is 573 g/mol. The quantitative estimate of drug-likeness (QED) is 0.269. The lowest BCUT2D eigenvalue weighted by molar-refractivity contribution is 0.0283. The van der Waals surface area contributed by atoms with Crippen LogP contribution in [0.3, 0.4) is 0 Å². The van der Waals surface area contributed by atoms with E-state index in [9.17, 15) is 15.2 Å². The number of aromatic nitrogens is 4. The van der Waals surface area contributed by atoms with Crippen LogP contribution in [0.1, 0.15) is 61.5 Å². The third-order valence-electron chi connectivity index (χ3n) is 7.69. The molecule has 5 heterocycles. The number of Topliss-reactive ketones (excluding diaryl/α,β-unsaturated/α-hetero) is 1. The van der Waals surface area contributed by atoms with Crippen molar-refractivity contribution in [2.45, 2.75) is 52.6 Å². The summed E-state index contributed by atoms with van der Waals surface area (Å²) in [5, 5.41) is 24.6. The number of halogens is 1. The van der Waals surface area contributed by atoms with Gasteiger partial charge in [0.25, 0.3) is 0 Å². The molecule has 0 saturated carbocycles. The van der Waals surface area contributed by atoms with E-state index in [-0.39, 0.29) is 17.8 Å². The van der Waals surface area contributed by atoms with Gasteiger partial charge in [-0.3, -0.25) is 9.78 Å². The van der Waals surface area contributed by atoms with Gasteiger partial charge in [0.15, 0.2) is 5.78 Å². The molecular formula is C31H33ClN6O3. The minimum absolute atomic E-state index is 0.0765. The number of anilines is 1. The van der Waals surface area contributed by atoms with Gasteiger partial charge >= 0.3 is 0 Å². The summed E-state index contributed by atoms with van der Waals surface area (Å²) in [6, 6.07) is 8.02. The number of ether oxygens (including phenoxy) is 1. The largest absolute Gasteiger partial charge is 0.489 e. The molecule has 0 aliphatic carbocycles. The van der Waals surface area contributed by atoms with Gasteiger partial charge in [0.2, 0.25) is 0 Å². The van der Waals surface area contributed by atoms with Gasteiger partial charge in [-0.05, 0) is 62.8 Å². The van der Waals surface area contributed by atoms with E-state index >= 15 is 0 Å². The van der Waals surface area contributed by atoms with E-state index < -0.39 is 5.60 Å². The highest BCUT2D eigenvalue weighted by atomic mass is 35.5. The van der Waals surface area contributed by atoms with Crippen LogP contribution in [-0.4, -0.2) is 55.8 Å². The molecule has 10 heteroatoms. The van der Waals surface area contributed by atoms with Crippen molar-refractivity contribution in [3.05, 3.63) is 70.9 Å². The van der Waals surface area contributed by atoms with Gasteiger partial charge in [-0.1, -0.05) is 18.5 Å². The molecule has 0 radical (unpaired) electrons. The number of nitriles is 1. The molecule has 1 fully saturated rings.